The van der Waals surface area contributed by atoms with Gasteiger partial charge in [0.2, 0.25) is 0 Å². The Balaban J connectivity index is 1.72. The minimum Gasteiger partial charge on any atom is -0.465 e. The number of hydrogen-bond donors (Lipinski definition) is 2. The summed E-state index contributed by atoms with van der Waals surface area (Å²) in [5.41, 5.74) is 0. The highest BCUT2D eigenvalue weighted by atomic mass is 19.3. The van der Waals surface area contributed by atoms with Gasteiger partial charge in [-0.2, -0.15) is 0 Å². The molecule has 1 aliphatic carbocycles. The van der Waals surface area contributed by atoms with E-state index < -0.39 is 12.0 Å². The van der Waals surface area contributed by atoms with Gasteiger partial charge in [-0.05, 0) is 25.7 Å². The average Bonchev–Trinajstić information content (AvgIpc) is 2.14. The van der Waals surface area contributed by atoms with Crippen LogP contribution in [0.4, 0.5) is 13.6 Å². The topological polar surface area (TPSA) is 52.6 Å². The van der Waals surface area contributed by atoms with E-state index >= 15 is 0 Å². The molecule has 2 fully saturated rings. The summed E-state index contributed by atoms with van der Waals surface area (Å²) in [6, 6.07) is 0.210. The van der Waals surface area contributed by atoms with Crippen LogP contribution in [0.25, 0.3) is 0 Å². The fourth-order valence-corrected chi connectivity index (χ4v) is 2.57. The van der Waals surface area contributed by atoms with Crippen LogP contribution in [0, 0.1) is 0 Å². The van der Waals surface area contributed by atoms with Gasteiger partial charge in [0.15, 0.2) is 0 Å². The van der Waals surface area contributed by atoms with Gasteiger partial charge in [-0.3, -0.25) is 4.90 Å². The summed E-state index contributed by atoms with van der Waals surface area (Å²) in [5, 5.41) is 11.0. The molecule has 0 aromatic rings. The standard InChI is InChI=1S/C10H16F2N2O2/c11-10(12)5-14(6-10)8-3-1-7(2-4-8)13-9(15)16/h7-8,13H,1-6H2,(H,15,16)/t7-,8-. The van der Waals surface area contributed by atoms with E-state index in [0.717, 1.165) is 25.7 Å². The molecule has 1 amide bonds. The van der Waals surface area contributed by atoms with Crippen LogP contribution in [0.2, 0.25) is 0 Å². The monoisotopic (exact) mass is 234 g/mol. The summed E-state index contributed by atoms with van der Waals surface area (Å²) in [7, 11) is 0. The first-order valence-electron chi connectivity index (χ1n) is 5.58. The maximum Gasteiger partial charge on any atom is 0.404 e. The molecule has 2 rings (SSSR count). The van der Waals surface area contributed by atoms with Gasteiger partial charge >= 0.3 is 6.09 Å². The van der Waals surface area contributed by atoms with Gasteiger partial charge in [0.05, 0.1) is 13.1 Å². The lowest BCUT2D eigenvalue weighted by atomic mass is 9.88. The van der Waals surface area contributed by atoms with Crippen LogP contribution >= 0.6 is 0 Å². The van der Waals surface area contributed by atoms with Crippen molar-refractivity contribution in [3.05, 3.63) is 0 Å². The van der Waals surface area contributed by atoms with Crippen molar-refractivity contribution in [3.8, 4) is 0 Å². The first-order chi connectivity index (χ1) is 7.46. The zero-order valence-electron chi connectivity index (χ0n) is 8.96. The Labute approximate surface area is 92.6 Å². The molecule has 92 valence electrons. The maximum absolute atomic E-state index is 12.7. The number of amides is 1. The van der Waals surface area contributed by atoms with Crippen LogP contribution in [0.5, 0.6) is 0 Å². The van der Waals surface area contributed by atoms with Crippen LogP contribution in [-0.4, -0.2) is 47.2 Å². The van der Waals surface area contributed by atoms with Gasteiger partial charge in [0, 0.05) is 12.1 Å². The van der Waals surface area contributed by atoms with Crippen molar-refractivity contribution in [2.75, 3.05) is 13.1 Å². The third kappa shape index (κ3) is 2.61. The minimum absolute atomic E-state index is 0.00413. The molecule has 1 aliphatic heterocycles. The van der Waals surface area contributed by atoms with Crippen LogP contribution < -0.4 is 5.32 Å². The molecule has 1 saturated heterocycles. The van der Waals surface area contributed by atoms with Crippen LogP contribution in [-0.2, 0) is 0 Å². The normalized spacial score (nSPS) is 34.1. The third-order valence-electron chi connectivity index (χ3n) is 3.41. The number of halogens is 2. The Morgan fingerprint density at radius 2 is 1.81 bits per heavy atom. The lowest BCUT2D eigenvalue weighted by Crippen LogP contribution is -2.60. The number of carboxylic acid groups (broad SMARTS) is 1. The molecule has 0 unspecified atom stereocenters. The van der Waals surface area contributed by atoms with Gasteiger partial charge in [0.25, 0.3) is 5.92 Å². The fraction of sp³-hybridized carbons (Fsp3) is 0.900. The van der Waals surface area contributed by atoms with Crippen molar-refractivity contribution in [2.45, 2.75) is 43.7 Å². The maximum atomic E-state index is 12.7. The summed E-state index contributed by atoms with van der Waals surface area (Å²) in [5.74, 6) is -2.50. The molecule has 4 nitrogen and oxygen atoms in total. The average molecular weight is 234 g/mol. The van der Waals surface area contributed by atoms with Crippen molar-refractivity contribution >= 4 is 6.09 Å². The lowest BCUT2D eigenvalue weighted by Gasteiger charge is -2.46. The van der Waals surface area contributed by atoms with Gasteiger partial charge < -0.3 is 10.4 Å². The molecular formula is C10H16F2N2O2. The molecule has 0 aromatic carbocycles. The van der Waals surface area contributed by atoms with E-state index in [-0.39, 0.29) is 25.2 Å². The summed E-state index contributed by atoms with van der Waals surface area (Å²) < 4.78 is 25.3. The highest BCUT2D eigenvalue weighted by Crippen LogP contribution is 2.33. The van der Waals surface area contributed by atoms with Gasteiger partial charge in [-0.1, -0.05) is 0 Å². The minimum atomic E-state index is -2.50. The molecule has 1 heterocycles. The van der Waals surface area contributed by atoms with Crippen LogP contribution in [0.3, 0.4) is 0 Å². The summed E-state index contributed by atoms with van der Waals surface area (Å²) >= 11 is 0. The molecule has 1 saturated carbocycles. The molecule has 0 bridgehead atoms. The zero-order valence-corrected chi connectivity index (χ0v) is 8.96. The molecule has 6 heteroatoms. The number of carbonyl (C=O) groups is 1. The van der Waals surface area contributed by atoms with E-state index in [1.54, 1.807) is 4.90 Å². The summed E-state index contributed by atoms with van der Waals surface area (Å²) in [6.45, 7) is -0.261. The molecule has 0 atom stereocenters. The number of nitrogens with one attached hydrogen (secondary N) is 1. The number of alkyl halides is 2. The Morgan fingerprint density at radius 1 is 1.25 bits per heavy atom. The number of nitrogens with zero attached hydrogens (tertiary/aromatic N) is 1. The Hall–Kier alpha value is -0.910. The SMILES string of the molecule is O=C(O)N[C@H]1CC[C@H](N2CC(F)(F)C2)CC1. The Morgan fingerprint density at radius 3 is 2.25 bits per heavy atom. The van der Waals surface area contributed by atoms with Gasteiger partial charge in [-0.15, -0.1) is 0 Å². The Kier molecular flexibility index (Phi) is 3.01. The largest absolute Gasteiger partial charge is 0.465 e. The highest BCUT2D eigenvalue weighted by Gasteiger charge is 2.46. The molecule has 2 N–H and O–H groups in total. The second kappa shape index (κ2) is 4.16. The quantitative estimate of drug-likeness (QED) is 0.761. The van der Waals surface area contributed by atoms with Crippen LogP contribution in [0.15, 0.2) is 0 Å². The van der Waals surface area contributed by atoms with Crippen molar-refractivity contribution < 1.29 is 18.7 Å². The summed E-state index contributed by atoms with van der Waals surface area (Å²) in [6.07, 6.45) is 2.11. The second-order valence-electron chi connectivity index (χ2n) is 4.72. The lowest BCUT2D eigenvalue weighted by molar-refractivity contribution is -0.150. The predicted octanol–water partition coefficient (Wildman–Crippen LogP) is 1.52. The summed E-state index contributed by atoms with van der Waals surface area (Å²) in [4.78, 5) is 12.2. The third-order valence-corrected chi connectivity index (χ3v) is 3.41. The first kappa shape index (κ1) is 11.6. The predicted molar refractivity (Wildman–Crippen MR) is 53.7 cm³/mol. The number of hydrogen-bond acceptors (Lipinski definition) is 2. The van der Waals surface area contributed by atoms with Crippen LogP contribution in [0.1, 0.15) is 25.7 Å². The van der Waals surface area contributed by atoms with Gasteiger partial charge in [0.1, 0.15) is 0 Å². The second-order valence-corrected chi connectivity index (χ2v) is 4.72. The zero-order chi connectivity index (χ0) is 11.8. The van der Waals surface area contributed by atoms with E-state index in [1.165, 1.54) is 0 Å². The molecule has 16 heavy (non-hydrogen) atoms. The van der Waals surface area contributed by atoms with E-state index in [1.807, 2.05) is 0 Å². The molecule has 0 aromatic heterocycles. The number of likely N-dealkylation sites (tertiary alicyclic amines) is 1. The molecule has 2 aliphatic rings. The highest BCUT2D eigenvalue weighted by molar-refractivity contribution is 5.64. The smallest absolute Gasteiger partial charge is 0.404 e. The van der Waals surface area contributed by atoms with Gasteiger partial charge in [-0.25, -0.2) is 13.6 Å². The van der Waals surface area contributed by atoms with E-state index in [2.05, 4.69) is 5.32 Å². The van der Waals surface area contributed by atoms with Crippen molar-refractivity contribution in [1.82, 2.24) is 10.2 Å². The molecule has 0 spiro atoms. The number of rotatable bonds is 2. The molecule has 0 radical (unpaired) electrons. The first-order valence-corrected chi connectivity index (χ1v) is 5.58. The van der Waals surface area contributed by atoms with Crippen molar-refractivity contribution in [3.63, 3.8) is 0 Å². The van der Waals surface area contributed by atoms with E-state index in [9.17, 15) is 13.6 Å². The Bertz CT molecular complexity index is 270. The molecular weight excluding hydrogens is 218 g/mol. The van der Waals surface area contributed by atoms with E-state index in [4.69, 9.17) is 5.11 Å². The fourth-order valence-electron chi connectivity index (χ4n) is 2.57. The van der Waals surface area contributed by atoms with E-state index in [0.29, 0.717) is 0 Å². The van der Waals surface area contributed by atoms with Crippen molar-refractivity contribution in [2.24, 2.45) is 0 Å². The van der Waals surface area contributed by atoms with Crippen molar-refractivity contribution in [1.29, 1.82) is 0 Å².